The molecular formula is C28H33ClFN3O5S. The summed E-state index contributed by atoms with van der Waals surface area (Å²) in [5.74, 6) is 0.127. The Morgan fingerprint density at radius 1 is 1.23 bits per heavy atom. The van der Waals surface area contributed by atoms with Crippen LogP contribution in [0.15, 0.2) is 21.8 Å². The molecule has 2 N–H and O–H groups in total. The van der Waals surface area contributed by atoms with Gasteiger partial charge in [-0.05, 0) is 64.8 Å². The summed E-state index contributed by atoms with van der Waals surface area (Å²) < 4.78 is 26.9. The summed E-state index contributed by atoms with van der Waals surface area (Å²) in [6.07, 6.45) is 3.86. The van der Waals surface area contributed by atoms with Crippen LogP contribution in [-0.4, -0.2) is 58.9 Å². The van der Waals surface area contributed by atoms with E-state index in [1.54, 1.807) is 17.9 Å². The Hall–Kier alpha value is -2.72. The first-order valence-electron chi connectivity index (χ1n) is 13.1. The SMILES string of the molecule is CSc1cc(C)[nH]c(=O)c1CNC(=O)c1cc(Cl)c2c(c1C)OCC(C)(C1CCN(C(=O)C3(F)CC3)CC1)O2. The quantitative estimate of drug-likeness (QED) is 0.488. The summed E-state index contributed by atoms with van der Waals surface area (Å²) in [7, 11) is 0. The fraction of sp³-hybridized carbons (Fsp3) is 0.536. The fourth-order valence-electron chi connectivity index (χ4n) is 5.49. The molecule has 39 heavy (non-hydrogen) atoms. The van der Waals surface area contributed by atoms with Gasteiger partial charge in [0.15, 0.2) is 17.2 Å². The lowest BCUT2D eigenvalue weighted by molar-refractivity contribution is -0.141. The number of hydrogen-bond donors (Lipinski definition) is 2. The Bertz CT molecular complexity index is 1390. The number of H-pyrrole nitrogens is 1. The van der Waals surface area contributed by atoms with Gasteiger partial charge in [0.25, 0.3) is 17.4 Å². The minimum Gasteiger partial charge on any atom is -0.485 e. The van der Waals surface area contributed by atoms with Gasteiger partial charge in [0.05, 0.1) is 5.02 Å². The number of aromatic nitrogens is 1. The van der Waals surface area contributed by atoms with Gasteiger partial charge < -0.3 is 24.7 Å². The second kappa shape index (κ2) is 10.4. The van der Waals surface area contributed by atoms with E-state index in [4.69, 9.17) is 21.1 Å². The molecule has 11 heteroatoms. The van der Waals surface area contributed by atoms with Gasteiger partial charge in [0.2, 0.25) is 0 Å². The van der Waals surface area contributed by atoms with Gasteiger partial charge in [-0.15, -0.1) is 11.8 Å². The molecule has 0 radical (unpaired) electrons. The molecule has 2 aliphatic heterocycles. The number of thioether (sulfide) groups is 1. The van der Waals surface area contributed by atoms with Gasteiger partial charge in [-0.1, -0.05) is 11.6 Å². The molecule has 0 bridgehead atoms. The maximum absolute atomic E-state index is 14.2. The number of hydrogen-bond acceptors (Lipinski definition) is 6. The Labute approximate surface area is 236 Å². The van der Waals surface area contributed by atoms with E-state index in [1.807, 2.05) is 26.2 Å². The van der Waals surface area contributed by atoms with E-state index in [2.05, 4.69) is 10.3 Å². The Balaban J connectivity index is 1.28. The molecule has 2 aromatic rings. The zero-order valence-electron chi connectivity index (χ0n) is 22.5. The number of ether oxygens (including phenoxy) is 2. The van der Waals surface area contributed by atoms with Gasteiger partial charge >= 0.3 is 0 Å². The molecule has 1 unspecified atom stereocenters. The van der Waals surface area contributed by atoms with Crippen molar-refractivity contribution >= 4 is 35.2 Å². The van der Waals surface area contributed by atoms with E-state index in [9.17, 15) is 18.8 Å². The Morgan fingerprint density at radius 3 is 2.56 bits per heavy atom. The highest BCUT2D eigenvalue weighted by Gasteiger charge is 2.54. The number of aryl methyl sites for hydroxylation is 1. The second-order valence-electron chi connectivity index (χ2n) is 10.9. The van der Waals surface area contributed by atoms with Crippen LogP contribution < -0.4 is 20.3 Å². The van der Waals surface area contributed by atoms with E-state index in [-0.39, 0.29) is 35.6 Å². The lowest BCUT2D eigenvalue weighted by atomic mass is 9.81. The topological polar surface area (TPSA) is 101 Å². The molecule has 1 saturated heterocycles. The van der Waals surface area contributed by atoms with Gasteiger partial charge in [0.1, 0.15) is 12.2 Å². The number of pyridine rings is 1. The van der Waals surface area contributed by atoms with Crippen LogP contribution in [0.2, 0.25) is 5.02 Å². The smallest absolute Gasteiger partial charge is 0.260 e. The molecule has 2 fully saturated rings. The number of halogens is 2. The highest BCUT2D eigenvalue weighted by Crippen LogP contribution is 2.48. The normalized spacial score (nSPS) is 21.9. The standard InChI is InChI=1S/C28H33ClFN3O5S/c1-15-11-21(39-4)19(25(35)32-15)13-31-24(34)18-12-20(29)23-22(16(18)2)37-14-27(3,38-23)17-5-9-33(10-6-17)26(36)28(30)7-8-28/h11-12,17H,5-10,13-14H2,1-4H3,(H,31,34)(H,32,35). The van der Waals surface area contributed by atoms with E-state index in [0.29, 0.717) is 67.0 Å². The van der Waals surface area contributed by atoms with Crippen molar-refractivity contribution in [2.24, 2.45) is 5.92 Å². The summed E-state index contributed by atoms with van der Waals surface area (Å²) in [5.41, 5.74) is -0.390. The summed E-state index contributed by atoms with van der Waals surface area (Å²) >= 11 is 8.07. The number of carbonyl (C=O) groups is 2. The minimum absolute atomic E-state index is 0.0684. The first-order valence-corrected chi connectivity index (χ1v) is 14.7. The number of rotatable bonds is 6. The zero-order chi connectivity index (χ0) is 28.1. The summed E-state index contributed by atoms with van der Waals surface area (Å²) in [5, 5.41) is 3.09. The number of nitrogens with one attached hydrogen (secondary N) is 2. The number of nitrogens with zero attached hydrogens (tertiary/aromatic N) is 1. The third-order valence-corrected chi connectivity index (χ3v) is 9.20. The molecule has 8 nitrogen and oxygen atoms in total. The average molecular weight is 578 g/mol. The number of amides is 2. The maximum atomic E-state index is 14.2. The largest absolute Gasteiger partial charge is 0.485 e. The summed E-state index contributed by atoms with van der Waals surface area (Å²) in [6.45, 7) is 6.84. The lowest BCUT2D eigenvalue weighted by Crippen LogP contribution is -2.53. The van der Waals surface area contributed by atoms with Crippen molar-refractivity contribution in [1.82, 2.24) is 15.2 Å². The molecule has 1 atom stereocenters. The Kier molecular flexibility index (Phi) is 7.39. The molecule has 5 rings (SSSR count). The van der Waals surface area contributed by atoms with Crippen molar-refractivity contribution < 1.29 is 23.5 Å². The summed E-state index contributed by atoms with van der Waals surface area (Å²) in [6, 6.07) is 3.44. The fourth-order valence-corrected chi connectivity index (χ4v) is 6.42. The number of carbonyl (C=O) groups excluding carboxylic acids is 2. The van der Waals surface area contributed by atoms with Crippen LogP contribution in [0.1, 0.15) is 59.8 Å². The number of fused-ring (bicyclic) bond motifs is 1. The van der Waals surface area contributed by atoms with Crippen LogP contribution in [0.25, 0.3) is 0 Å². The van der Waals surface area contributed by atoms with E-state index in [0.717, 1.165) is 10.6 Å². The summed E-state index contributed by atoms with van der Waals surface area (Å²) in [4.78, 5) is 43.2. The second-order valence-corrected chi connectivity index (χ2v) is 12.2. The first-order chi connectivity index (χ1) is 18.5. The van der Waals surface area contributed by atoms with Crippen molar-refractivity contribution in [2.45, 2.75) is 69.2 Å². The van der Waals surface area contributed by atoms with Crippen molar-refractivity contribution in [3.63, 3.8) is 0 Å². The first kappa shape index (κ1) is 27.8. The number of benzene rings is 1. The molecule has 1 aromatic heterocycles. The number of likely N-dealkylation sites (tertiary alicyclic amines) is 1. The molecule has 1 saturated carbocycles. The highest BCUT2D eigenvalue weighted by atomic mass is 35.5. The van der Waals surface area contributed by atoms with Crippen LogP contribution in [0.5, 0.6) is 11.5 Å². The van der Waals surface area contributed by atoms with Crippen molar-refractivity contribution in [3.05, 3.63) is 49.9 Å². The molecule has 1 aromatic carbocycles. The van der Waals surface area contributed by atoms with Crippen molar-refractivity contribution in [1.29, 1.82) is 0 Å². The van der Waals surface area contributed by atoms with Crippen molar-refractivity contribution in [3.8, 4) is 11.5 Å². The third-order valence-electron chi connectivity index (χ3n) is 8.12. The minimum atomic E-state index is -1.65. The predicted molar refractivity (Wildman–Crippen MR) is 148 cm³/mol. The van der Waals surface area contributed by atoms with E-state index < -0.39 is 17.2 Å². The number of alkyl halides is 1. The average Bonchev–Trinajstić information content (AvgIpc) is 3.67. The Morgan fingerprint density at radius 2 is 1.92 bits per heavy atom. The van der Waals surface area contributed by atoms with Crippen LogP contribution in [-0.2, 0) is 11.3 Å². The molecule has 210 valence electrons. The van der Waals surface area contributed by atoms with E-state index >= 15 is 0 Å². The highest BCUT2D eigenvalue weighted by molar-refractivity contribution is 7.98. The van der Waals surface area contributed by atoms with Gasteiger partial charge in [-0.3, -0.25) is 14.4 Å². The van der Waals surface area contributed by atoms with E-state index in [1.165, 1.54) is 11.8 Å². The monoisotopic (exact) mass is 577 g/mol. The van der Waals surface area contributed by atoms with Gasteiger partial charge in [-0.2, -0.15) is 0 Å². The molecule has 0 spiro atoms. The van der Waals surface area contributed by atoms with Gasteiger partial charge in [-0.25, -0.2) is 4.39 Å². The van der Waals surface area contributed by atoms with Crippen LogP contribution in [0, 0.1) is 19.8 Å². The predicted octanol–water partition coefficient (Wildman–Crippen LogP) is 4.57. The van der Waals surface area contributed by atoms with Gasteiger partial charge in [0, 0.05) is 52.8 Å². The third kappa shape index (κ3) is 5.25. The lowest BCUT2D eigenvalue weighted by Gasteiger charge is -2.45. The van der Waals surface area contributed by atoms with Crippen molar-refractivity contribution in [2.75, 3.05) is 26.0 Å². The molecule has 1 aliphatic carbocycles. The molecule has 3 heterocycles. The molecule has 2 amide bonds. The molecular weight excluding hydrogens is 545 g/mol. The van der Waals surface area contributed by atoms with Crippen LogP contribution >= 0.6 is 23.4 Å². The van der Waals surface area contributed by atoms with Crippen LogP contribution in [0.4, 0.5) is 4.39 Å². The molecule has 3 aliphatic rings. The number of aromatic amines is 1. The zero-order valence-corrected chi connectivity index (χ0v) is 24.1. The maximum Gasteiger partial charge on any atom is 0.260 e. The number of piperidine rings is 1. The van der Waals surface area contributed by atoms with Crippen LogP contribution in [0.3, 0.4) is 0 Å².